The van der Waals surface area contributed by atoms with E-state index in [0.29, 0.717) is 5.82 Å². The summed E-state index contributed by atoms with van der Waals surface area (Å²) in [5, 5.41) is 3.01. The van der Waals surface area contributed by atoms with Crippen LogP contribution in [0.25, 0.3) is 0 Å². The van der Waals surface area contributed by atoms with Gasteiger partial charge in [-0.15, -0.1) is 0 Å². The molecular weight excluding hydrogens is 333 g/mol. The molecule has 7 heteroatoms. The Hall–Kier alpha value is -2.96. The maximum absolute atomic E-state index is 13.3. The molecule has 0 spiro atoms. The van der Waals surface area contributed by atoms with E-state index in [9.17, 15) is 9.18 Å². The Labute approximate surface area is 151 Å². The molecule has 0 unspecified atom stereocenters. The molecule has 0 aliphatic heterocycles. The molecule has 1 aromatic carbocycles. The summed E-state index contributed by atoms with van der Waals surface area (Å²) in [6, 6.07) is 5.61. The molecule has 0 radical (unpaired) electrons. The Bertz CT molecular complexity index is 881. The first-order valence-corrected chi connectivity index (χ1v) is 8.48. The number of aromatic nitrogens is 4. The lowest BCUT2D eigenvalue weighted by Crippen LogP contribution is -2.34. The Morgan fingerprint density at radius 2 is 1.77 bits per heavy atom. The zero-order valence-corrected chi connectivity index (χ0v) is 15.1. The Morgan fingerprint density at radius 1 is 1.12 bits per heavy atom. The maximum Gasteiger partial charge on any atom is 0.240 e. The Morgan fingerprint density at radius 3 is 2.38 bits per heavy atom. The minimum absolute atomic E-state index is 0.162. The normalized spacial score (nSPS) is 12.3. The van der Waals surface area contributed by atoms with Gasteiger partial charge in [-0.2, -0.15) is 0 Å². The van der Waals surface area contributed by atoms with Crippen LogP contribution in [-0.4, -0.2) is 25.0 Å². The first-order chi connectivity index (χ1) is 12.5. The molecule has 1 amide bonds. The average Bonchev–Trinajstić information content (AvgIpc) is 3.22. The van der Waals surface area contributed by atoms with Gasteiger partial charge in [-0.3, -0.25) is 4.79 Å². The van der Waals surface area contributed by atoms with E-state index in [2.05, 4.69) is 15.3 Å². The van der Waals surface area contributed by atoms with E-state index >= 15 is 0 Å². The Kier molecular flexibility index (Phi) is 5.16. The van der Waals surface area contributed by atoms with Gasteiger partial charge in [-0.25, -0.2) is 14.4 Å². The molecule has 0 aliphatic rings. The van der Waals surface area contributed by atoms with Gasteiger partial charge in [0.1, 0.15) is 30.1 Å². The minimum atomic E-state index is -0.464. The lowest BCUT2D eigenvalue weighted by Gasteiger charge is -2.20. The third-order valence-electron chi connectivity index (χ3n) is 4.20. The predicted octanol–water partition coefficient (Wildman–Crippen LogP) is 2.78. The fourth-order valence-corrected chi connectivity index (χ4v) is 2.92. The largest absolute Gasteiger partial charge is 0.341 e. The van der Waals surface area contributed by atoms with Crippen LogP contribution in [0.15, 0.2) is 49.1 Å². The van der Waals surface area contributed by atoms with Crippen LogP contribution in [0.4, 0.5) is 4.39 Å². The summed E-state index contributed by atoms with van der Waals surface area (Å²) < 4.78 is 17.0. The van der Waals surface area contributed by atoms with Crippen LogP contribution < -0.4 is 5.32 Å². The van der Waals surface area contributed by atoms with E-state index in [1.807, 2.05) is 36.2 Å². The van der Waals surface area contributed by atoms with Crippen LogP contribution in [0.1, 0.15) is 43.0 Å². The molecule has 6 nitrogen and oxygen atoms in total. The molecule has 136 valence electrons. The number of nitrogens with zero attached hydrogens (tertiary/aromatic N) is 4. The number of rotatable bonds is 6. The molecule has 2 heterocycles. The summed E-state index contributed by atoms with van der Waals surface area (Å²) in [6.45, 7) is 4.23. The lowest BCUT2D eigenvalue weighted by atomic mass is 10.1. The fourth-order valence-electron chi connectivity index (χ4n) is 2.92. The molecule has 0 saturated heterocycles. The third kappa shape index (κ3) is 3.82. The van der Waals surface area contributed by atoms with Gasteiger partial charge in [0.05, 0.1) is 0 Å². The van der Waals surface area contributed by atoms with Crippen LogP contribution in [0, 0.1) is 5.82 Å². The van der Waals surface area contributed by atoms with E-state index in [-0.39, 0.29) is 24.2 Å². The molecule has 2 aromatic heterocycles. The fraction of sp³-hybridized carbons (Fsp3) is 0.316. The predicted molar refractivity (Wildman–Crippen MR) is 95.9 cm³/mol. The van der Waals surface area contributed by atoms with Gasteiger partial charge in [0, 0.05) is 37.8 Å². The van der Waals surface area contributed by atoms with Gasteiger partial charge in [-0.1, -0.05) is 26.0 Å². The highest BCUT2D eigenvalue weighted by Gasteiger charge is 2.21. The van der Waals surface area contributed by atoms with Gasteiger partial charge in [-0.05, 0) is 17.7 Å². The van der Waals surface area contributed by atoms with Gasteiger partial charge in [0.2, 0.25) is 5.91 Å². The summed E-state index contributed by atoms with van der Waals surface area (Å²) in [4.78, 5) is 21.3. The van der Waals surface area contributed by atoms with Gasteiger partial charge in [0.15, 0.2) is 0 Å². The number of imidazole rings is 2. The first-order valence-electron chi connectivity index (χ1n) is 8.48. The van der Waals surface area contributed by atoms with Crippen molar-refractivity contribution in [2.24, 2.45) is 7.05 Å². The van der Waals surface area contributed by atoms with Crippen molar-refractivity contribution in [2.75, 3.05) is 0 Å². The number of nitrogens with one attached hydrogen (secondary N) is 1. The van der Waals surface area contributed by atoms with Gasteiger partial charge in [0.25, 0.3) is 0 Å². The van der Waals surface area contributed by atoms with Gasteiger partial charge < -0.3 is 14.5 Å². The highest BCUT2D eigenvalue weighted by atomic mass is 19.1. The topological polar surface area (TPSA) is 64.7 Å². The van der Waals surface area contributed by atoms with Crippen molar-refractivity contribution in [3.05, 3.63) is 72.1 Å². The van der Waals surface area contributed by atoms with E-state index in [4.69, 9.17) is 0 Å². The second kappa shape index (κ2) is 7.51. The van der Waals surface area contributed by atoms with Crippen LogP contribution >= 0.6 is 0 Å². The van der Waals surface area contributed by atoms with Crippen molar-refractivity contribution in [3.8, 4) is 0 Å². The number of amides is 1. The summed E-state index contributed by atoms with van der Waals surface area (Å²) in [5.74, 6) is 1.27. The van der Waals surface area contributed by atoms with Crippen molar-refractivity contribution < 1.29 is 9.18 Å². The highest BCUT2D eigenvalue weighted by molar-refractivity contribution is 5.76. The van der Waals surface area contributed by atoms with E-state index in [0.717, 1.165) is 11.4 Å². The quantitative estimate of drug-likeness (QED) is 0.739. The maximum atomic E-state index is 13.3. The van der Waals surface area contributed by atoms with Crippen LogP contribution in [-0.2, 0) is 18.4 Å². The molecule has 3 rings (SSSR count). The number of carbonyl (C=O) groups is 1. The number of halogens is 1. The van der Waals surface area contributed by atoms with E-state index < -0.39 is 6.04 Å². The zero-order chi connectivity index (χ0) is 18.7. The van der Waals surface area contributed by atoms with E-state index in [1.54, 1.807) is 30.7 Å². The number of benzene rings is 1. The van der Waals surface area contributed by atoms with Crippen LogP contribution in [0.2, 0.25) is 0 Å². The molecular formula is C19H22FN5O. The summed E-state index contributed by atoms with van der Waals surface area (Å²) in [5.41, 5.74) is 0.767. The zero-order valence-electron chi connectivity index (χ0n) is 15.1. The SMILES string of the molecule is CC(C)c1nccn1CC(=O)N[C@@H](c1ccc(F)cc1)c1nccn1C. The molecule has 26 heavy (non-hydrogen) atoms. The lowest BCUT2D eigenvalue weighted by molar-refractivity contribution is -0.122. The first kappa shape index (κ1) is 17.8. The van der Waals surface area contributed by atoms with Crippen LogP contribution in [0.3, 0.4) is 0 Å². The number of carbonyl (C=O) groups excluding carboxylic acids is 1. The van der Waals surface area contributed by atoms with Gasteiger partial charge >= 0.3 is 0 Å². The number of hydrogen-bond donors (Lipinski definition) is 1. The highest BCUT2D eigenvalue weighted by Crippen LogP contribution is 2.21. The minimum Gasteiger partial charge on any atom is -0.341 e. The number of hydrogen-bond acceptors (Lipinski definition) is 3. The molecule has 0 aliphatic carbocycles. The molecule has 1 N–H and O–H groups in total. The summed E-state index contributed by atoms with van der Waals surface area (Å²) in [7, 11) is 1.86. The Balaban J connectivity index is 1.84. The van der Waals surface area contributed by atoms with Crippen molar-refractivity contribution in [1.82, 2.24) is 24.4 Å². The molecule has 0 bridgehead atoms. The number of aryl methyl sites for hydroxylation is 1. The molecule has 0 fully saturated rings. The van der Waals surface area contributed by atoms with Crippen LogP contribution in [0.5, 0.6) is 0 Å². The second-order valence-electron chi connectivity index (χ2n) is 6.52. The van der Waals surface area contributed by atoms with Crippen molar-refractivity contribution in [1.29, 1.82) is 0 Å². The van der Waals surface area contributed by atoms with Crippen molar-refractivity contribution in [2.45, 2.75) is 32.4 Å². The van der Waals surface area contributed by atoms with E-state index in [1.165, 1.54) is 12.1 Å². The smallest absolute Gasteiger partial charge is 0.240 e. The summed E-state index contributed by atoms with van der Waals surface area (Å²) >= 11 is 0. The monoisotopic (exact) mass is 355 g/mol. The molecule has 0 saturated carbocycles. The molecule has 1 atom stereocenters. The van der Waals surface area contributed by atoms with Crippen molar-refractivity contribution in [3.63, 3.8) is 0 Å². The average molecular weight is 355 g/mol. The standard InChI is InChI=1S/C19H22FN5O/c1-13(2)18-21-9-11-25(18)12-16(26)23-17(19-22-8-10-24(19)3)14-4-6-15(20)7-5-14/h4-11,13,17H,12H2,1-3H3,(H,23,26)/t17-/m0/s1. The van der Waals surface area contributed by atoms with Crippen molar-refractivity contribution >= 4 is 5.91 Å². The second-order valence-corrected chi connectivity index (χ2v) is 6.52. The summed E-state index contributed by atoms with van der Waals surface area (Å²) in [6.07, 6.45) is 6.97. The third-order valence-corrected chi connectivity index (χ3v) is 4.20. The molecule has 3 aromatic rings.